The Hall–Kier alpha value is -0.570. The SMILES string of the molecule is NCCCN(C(=O)C1C2CCCC21)C1CCC1. The number of nitrogens with two attached hydrogens (primary N) is 1. The van der Waals surface area contributed by atoms with E-state index in [1.165, 1.54) is 38.5 Å². The molecule has 2 unspecified atom stereocenters. The molecule has 0 aromatic heterocycles. The minimum Gasteiger partial charge on any atom is -0.339 e. The molecule has 17 heavy (non-hydrogen) atoms. The average Bonchev–Trinajstić information content (AvgIpc) is 2.74. The molecule has 0 aliphatic heterocycles. The van der Waals surface area contributed by atoms with Crippen LogP contribution in [0.15, 0.2) is 0 Å². The first kappa shape index (κ1) is 11.5. The Balaban J connectivity index is 1.60. The fourth-order valence-corrected chi connectivity index (χ4v) is 3.81. The van der Waals surface area contributed by atoms with Crippen molar-refractivity contribution >= 4 is 5.91 Å². The number of carbonyl (C=O) groups excluding carboxylic acids is 1. The molecule has 0 aromatic carbocycles. The molecule has 3 fully saturated rings. The van der Waals surface area contributed by atoms with Gasteiger partial charge in [-0.25, -0.2) is 0 Å². The lowest BCUT2D eigenvalue weighted by molar-refractivity contribution is -0.137. The maximum absolute atomic E-state index is 12.5. The molecule has 3 saturated carbocycles. The number of carbonyl (C=O) groups is 1. The number of hydrogen-bond donors (Lipinski definition) is 1. The molecule has 0 aromatic rings. The van der Waals surface area contributed by atoms with Crippen LogP contribution < -0.4 is 5.73 Å². The van der Waals surface area contributed by atoms with E-state index in [9.17, 15) is 4.79 Å². The lowest BCUT2D eigenvalue weighted by Gasteiger charge is -2.38. The predicted molar refractivity (Wildman–Crippen MR) is 67.3 cm³/mol. The monoisotopic (exact) mass is 236 g/mol. The Morgan fingerprint density at radius 1 is 1.12 bits per heavy atom. The number of amides is 1. The minimum atomic E-state index is 0.405. The van der Waals surface area contributed by atoms with Crippen LogP contribution in [0.3, 0.4) is 0 Å². The molecule has 3 heteroatoms. The molecular weight excluding hydrogens is 212 g/mol. The summed E-state index contributed by atoms with van der Waals surface area (Å²) in [6.07, 6.45) is 8.66. The van der Waals surface area contributed by atoms with Gasteiger partial charge in [0, 0.05) is 18.5 Å². The molecule has 2 atom stereocenters. The van der Waals surface area contributed by atoms with Crippen LogP contribution in [0.2, 0.25) is 0 Å². The zero-order chi connectivity index (χ0) is 11.8. The van der Waals surface area contributed by atoms with Gasteiger partial charge in [-0.2, -0.15) is 0 Å². The van der Waals surface area contributed by atoms with Crippen molar-refractivity contribution in [2.75, 3.05) is 13.1 Å². The topological polar surface area (TPSA) is 46.3 Å². The Morgan fingerprint density at radius 3 is 2.29 bits per heavy atom. The molecule has 1 amide bonds. The number of rotatable bonds is 5. The van der Waals surface area contributed by atoms with E-state index in [2.05, 4.69) is 4.90 Å². The second kappa shape index (κ2) is 4.60. The number of fused-ring (bicyclic) bond motifs is 1. The summed E-state index contributed by atoms with van der Waals surface area (Å²) in [6.45, 7) is 1.60. The van der Waals surface area contributed by atoms with Crippen molar-refractivity contribution in [1.29, 1.82) is 0 Å². The molecule has 2 N–H and O–H groups in total. The highest BCUT2D eigenvalue weighted by molar-refractivity contribution is 5.83. The van der Waals surface area contributed by atoms with Crippen molar-refractivity contribution in [1.82, 2.24) is 4.90 Å². The third-order valence-corrected chi connectivity index (χ3v) is 5.09. The van der Waals surface area contributed by atoms with E-state index in [0.717, 1.165) is 24.8 Å². The van der Waals surface area contributed by atoms with Crippen molar-refractivity contribution in [3.8, 4) is 0 Å². The van der Waals surface area contributed by atoms with Crippen molar-refractivity contribution in [3.63, 3.8) is 0 Å². The molecule has 0 spiro atoms. The highest BCUT2D eigenvalue weighted by Crippen LogP contribution is 2.58. The van der Waals surface area contributed by atoms with Crippen molar-refractivity contribution in [2.45, 2.75) is 51.0 Å². The van der Waals surface area contributed by atoms with E-state index in [0.29, 0.717) is 24.4 Å². The van der Waals surface area contributed by atoms with Crippen molar-refractivity contribution in [2.24, 2.45) is 23.5 Å². The molecule has 3 nitrogen and oxygen atoms in total. The first-order chi connectivity index (χ1) is 8.33. The van der Waals surface area contributed by atoms with Gasteiger partial charge in [0.2, 0.25) is 5.91 Å². The standard InChI is InChI=1S/C14H24N2O/c15-8-3-9-16(10-4-1-5-10)14(17)13-11-6-2-7-12(11)13/h10-13H,1-9,15H2. The van der Waals surface area contributed by atoms with Crippen LogP contribution in [-0.2, 0) is 4.79 Å². The van der Waals surface area contributed by atoms with Gasteiger partial charge in [-0.15, -0.1) is 0 Å². The van der Waals surface area contributed by atoms with Gasteiger partial charge in [-0.05, 0) is 56.9 Å². The molecule has 3 aliphatic rings. The summed E-state index contributed by atoms with van der Waals surface area (Å²) < 4.78 is 0. The molecule has 0 bridgehead atoms. The van der Waals surface area contributed by atoms with Crippen LogP contribution in [0, 0.1) is 17.8 Å². The van der Waals surface area contributed by atoms with E-state index >= 15 is 0 Å². The maximum atomic E-state index is 12.5. The van der Waals surface area contributed by atoms with E-state index in [1.54, 1.807) is 0 Å². The first-order valence-electron chi connectivity index (χ1n) is 7.33. The summed E-state index contributed by atoms with van der Waals surface area (Å²) in [6, 6.07) is 0.551. The molecule has 0 saturated heterocycles. The van der Waals surface area contributed by atoms with Gasteiger partial charge >= 0.3 is 0 Å². The fourth-order valence-electron chi connectivity index (χ4n) is 3.81. The van der Waals surface area contributed by atoms with Crippen LogP contribution in [0.4, 0.5) is 0 Å². The van der Waals surface area contributed by atoms with Gasteiger partial charge in [-0.1, -0.05) is 6.42 Å². The number of hydrogen-bond acceptors (Lipinski definition) is 2. The Bertz CT molecular complexity index is 291. The maximum Gasteiger partial charge on any atom is 0.226 e. The van der Waals surface area contributed by atoms with Gasteiger partial charge in [-0.3, -0.25) is 4.79 Å². The van der Waals surface area contributed by atoms with Gasteiger partial charge < -0.3 is 10.6 Å². The largest absolute Gasteiger partial charge is 0.339 e. The summed E-state index contributed by atoms with van der Waals surface area (Å²) in [7, 11) is 0. The second-order valence-corrected chi connectivity index (χ2v) is 6.04. The summed E-state index contributed by atoms with van der Waals surface area (Å²) >= 11 is 0. The first-order valence-corrected chi connectivity index (χ1v) is 7.33. The third kappa shape index (κ3) is 1.99. The van der Waals surface area contributed by atoms with Crippen molar-refractivity contribution in [3.05, 3.63) is 0 Å². The van der Waals surface area contributed by atoms with Crippen LogP contribution in [0.1, 0.15) is 44.9 Å². The van der Waals surface area contributed by atoms with Crippen molar-refractivity contribution < 1.29 is 4.79 Å². The summed E-state index contributed by atoms with van der Waals surface area (Å²) in [5.41, 5.74) is 5.58. The predicted octanol–water partition coefficient (Wildman–Crippen LogP) is 1.76. The van der Waals surface area contributed by atoms with Gasteiger partial charge in [0.05, 0.1) is 0 Å². The highest BCUT2D eigenvalue weighted by atomic mass is 16.2. The van der Waals surface area contributed by atoms with Gasteiger partial charge in [0.1, 0.15) is 0 Å². The summed E-state index contributed by atoms with van der Waals surface area (Å²) in [5.74, 6) is 2.38. The molecule has 3 rings (SSSR count). The Kier molecular flexibility index (Phi) is 3.12. The fraction of sp³-hybridized carbons (Fsp3) is 0.929. The third-order valence-electron chi connectivity index (χ3n) is 5.09. The van der Waals surface area contributed by atoms with Crippen LogP contribution in [0.25, 0.3) is 0 Å². The van der Waals surface area contributed by atoms with E-state index in [4.69, 9.17) is 5.73 Å². The molecule has 0 radical (unpaired) electrons. The molecule has 3 aliphatic carbocycles. The van der Waals surface area contributed by atoms with Gasteiger partial charge in [0.15, 0.2) is 0 Å². The zero-order valence-corrected chi connectivity index (χ0v) is 10.6. The molecular formula is C14H24N2O. The summed E-state index contributed by atoms with van der Waals surface area (Å²) in [4.78, 5) is 14.7. The van der Waals surface area contributed by atoms with E-state index in [1.807, 2.05) is 0 Å². The summed E-state index contributed by atoms with van der Waals surface area (Å²) in [5, 5.41) is 0. The van der Waals surface area contributed by atoms with E-state index in [-0.39, 0.29) is 0 Å². The lowest BCUT2D eigenvalue weighted by Crippen LogP contribution is -2.46. The Morgan fingerprint density at radius 2 is 1.76 bits per heavy atom. The average molecular weight is 236 g/mol. The zero-order valence-electron chi connectivity index (χ0n) is 10.6. The molecule has 0 heterocycles. The van der Waals surface area contributed by atoms with Gasteiger partial charge in [0.25, 0.3) is 0 Å². The molecule has 96 valence electrons. The number of nitrogens with zero attached hydrogens (tertiary/aromatic N) is 1. The van der Waals surface area contributed by atoms with Crippen LogP contribution in [-0.4, -0.2) is 29.9 Å². The Labute approximate surface area is 104 Å². The second-order valence-electron chi connectivity index (χ2n) is 6.04. The van der Waals surface area contributed by atoms with E-state index < -0.39 is 0 Å². The highest BCUT2D eigenvalue weighted by Gasteiger charge is 2.57. The van der Waals surface area contributed by atoms with Crippen LogP contribution >= 0.6 is 0 Å². The smallest absolute Gasteiger partial charge is 0.226 e. The lowest BCUT2D eigenvalue weighted by atomic mass is 9.90. The minimum absolute atomic E-state index is 0.405. The van der Waals surface area contributed by atoms with Crippen LogP contribution in [0.5, 0.6) is 0 Å². The normalized spacial score (nSPS) is 35.2. The quantitative estimate of drug-likeness (QED) is 0.790.